The van der Waals surface area contributed by atoms with Crippen molar-refractivity contribution >= 4 is 6.08 Å². The Kier molecular flexibility index (Phi) is 7.69. The normalized spacial score (nSPS) is 11.9. The van der Waals surface area contributed by atoms with E-state index in [0.29, 0.717) is 0 Å². The van der Waals surface area contributed by atoms with Gasteiger partial charge in [0.05, 0.1) is 0 Å². The number of hydrogen-bond acceptors (Lipinski definition) is 2. The first-order chi connectivity index (χ1) is 10.3. The minimum absolute atomic E-state index is 0. The Morgan fingerprint density at radius 1 is 0.955 bits per heavy atom. The van der Waals surface area contributed by atoms with Gasteiger partial charge in [0.1, 0.15) is 11.5 Å². The molecule has 0 saturated carbocycles. The van der Waals surface area contributed by atoms with E-state index in [0.717, 1.165) is 11.1 Å². The minimum atomic E-state index is 0. The molecule has 0 amide bonds. The molecule has 2 aromatic carbocycles. The number of phenolic OH excluding ortho intramolecular Hbond substituents is 1. The molecule has 0 atom stereocenters. The van der Waals surface area contributed by atoms with E-state index in [4.69, 9.17) is 5.11 Å². The molecule has 2 N–H and O–H groups in total. The average Bonchev–Trinajstić information content (AvgIpc) is 3.21. The molecule has 0 aliphatic heterocycles. The van der Waals surface area contributed by atoms with Crippen LogP contribution in [0.3, 0.4) is 0 Å². The van der Waals surface area contributed by atoms with E-state index in [-0.39, 0.29) is 28.6 Å². The molecule has 0 heterocycles. The van der Waals surface area contributed by atoms with Crippen LogP contribution >= 0.6 is 0 Å². The van der Waals surface area contributed by atoms with Gasteiger partial charge in [-0.1, -0.05) is 42.5 Å². The van der Waals surface area contributed by atoms with Crippen LogP contribution in [0.4, 0.5) is 0 Å². The molecule has 0 unspecified atom stereocenters. The molecule has 1 aliphatic carbocycles. The van der Waals surface area contributed by atoms with Crippen LogP contribution in [0.25, 0.3) is 6.08 Å². The topological polar surface area (TPSA) is 40.5 Å². The summed E-state index contributed by atoms with van der Waals surface area (Å²) in [6, 6.07) is 16.8. The van der Waals surface area contributed by atoms with Gasteiger partial charge >= 0.3 is 0 Å². The number of rotatable bonds is 2. The van der Waals surface area contributed by atoms with E-state index >= 15 is 0 Å². The van der Waals surface area contributed by atoms with Crippen LogP contribution in [0.1, 0.15) is 5.56 Å². The van der Waals surface area contributed by atoms with Crippen LogP contribution in [0.5, 0.6) is 5.75 Å². The van der Waals surface area contributed by atoms with Crippen LogP contribution in [0.2, 0.25) is 0 Å². The molecular weight excluding hydrogens is 316 g/mol. The van der Waals surface area contributed by atoms with Gasteiger partial charge in [-0.05, 0) is 23.8 Å². The van der Waals surface area contributed by atoms with Gasteiger partial charge in [0, 0.05) is 22.6 Å². The molecule has 114 valence electrons. The Balaban J connectivity index is 0.000000344. The Morgan fingerprint density at radius 3 is 2.05 bits per heavy atom. The summed E-state index contributed by atoms with van der Waals surface area (Å²) in [4.78, 5) is 0. The molecule has 0 radical (unpaired) electrons. The van der Waals surface area contributed by atoms with Crippen molar-refractivity contribution in [2.75, 3.05) is 0 Å². The molecule has 0 fully saturated rings. The zero-order chi connectivity index (χ0) is 14.9. The molecular formula is C19H17FeO2-. The number of aliphatic hydroxyl groups excluding tert-OH is 1. The van der Waals surface area contributed by atoms with Gasteiger partial charge in [-0.2, -0.15) is 18.2 Å². The number of phenols is 1. The van der Waals surface area contributed by atoms with Crippen molar-refractivity contribution in [1.82, 2.24) is 0 Å². The van der Waals surface area contributed by atoms with Gasteiger partial charge < -0.3 is 10.2 Å². The van der Waals surface area contributed by atoms with Crippen molar-refractivity contribution < 1.29 is 27.3 Å². The maximum atomic E-state index is 9.71. The summed E-state index contributed by atoms with van der Waals surface area (Å²) in [5.41, 5.74) is 1.73. The van der Waals surface area contributed by atoms with Crippen molar-refractivity contribution in [2.45, 2.75) is 0 Å². The van der Waals surface area contributed by atoms with E-state index in [9.17, 15) is 5.11 Å². The number of aliphatic hydroxyl groups is 1. The van der Waals surface area contributed by atoms with Crippen molar-refractivity contribution in [2.24, 2.45) is 0 Å². The van der Waals surface area contributed by atoms with Crippen LogP contribution in [-0.2, 0) is 17.1 Å². The summed E-state index contributed by atoms with van der Waals surface area (Å²) in [5.74, 6) is 0.472. The zero-order valence-corrected chi connectivity index (χ0v) is 13.0. The fourth-order valence-electron chi connectivity index (χ4n) is 1.72. The van der Waals surface area contributed by atoms with Crippen LogP contribution < -0.4 is 0 Å². The second-order valence-corrected chi connectivity index (χ2v) is 4.45. The molecule has 2 nitrogen and oxygen atoms in total. The zero-order valence-electron chi connectivity index (χ0n) is 11.9. The third-order valence-corrected chi connectivity index (χ3v) is 2.84. The van der Waals surface area contributed by atoms with Crippen molar-refractivity contribution in [1.29, 1.82) is 0 Å². The van der Waals surface area contributed by atoms with Crippen LogP contribution in [0.15, 0.2) is 96.3 Å². The predicted octanol–water partition coefficient (Wildman–Crippen LogP) is 4.75. The maximum absolute atomic E-state index is 9.71. The maximum Gasteiger partial charge on any atom is 0.122 e. The minimum Gasteiger partial charge on any atom is -0.508 e. The summed E-state index contributed by atoms with van der Waals surface area (Å²) in [6.45, 7) is 0. The molecule has 3 heteroatoms. The quantitative estimate of drug-likeness (QED) is 0.473. The van der Waals surface area contributed by atoms with E-state index in [2.05, 4.69) is 0 Å². The van der Waals surface area contributed by atoms with Crippen LogP contribution in [-0.4, -0.2) is 10.2 Å². The van der Waals surface area contributed by atoms with Crippen LogP contribution in [0, 0.1) is 0 Å². The molecule has 1 aliphatic rings. The molecule has 22 heavy (non-hydrogen) atoms. The van der Waals surface area contributed by atoms with Gasteiger partial charge in [0.15, 0.2) is 0 Å². The Hall–Kier alpha value is -2.35. The second-order valence-electron chi connectivity index (χ2n) is 4.45. The Labute approximate surface area is 141 Å². The van der Waals surface area contributed by atoms with Gasteiger partial charge in [0.2, 0.25) is 0 Å². The third kappa shape index (κ3) is 5.96. The van der Waals surface area contributed by atoms with Crippen molar-refractivity contribution in [3.63, 3.8) is 0 Å². The fourth-order valence-corrected chi connectivity index (χ4v) is 1.72. The Bertz CT molecular complexity index is 629. The first kappa shape index (κ1) is 17.7. The van der Waals surface area contributed by atoms with Gasteiger partial charge in [-0.3, -0.25) is 0 Å². The van der Waals surface area contributed by atoms with E-state index in [1.165, 1.54) is 0 Å². The predicted molar refractivity (Wildman–Crippen MR) is 87.1 cm³/mol. The number of aromatic hydroxyl groups is 1. The smallest absolute Gasteiger partial charge is 0.122 e. The molecule has 0 spiro atoms. The van der Waals surface area contributed by atoms with Gasteiger partial charge in [0.25, 0.3) is 0 Å². The summed E-state index contributed by atoms with van der Waals surface area (Å²) >= 11 is 0. The van der Waals surface area contributed by atoms with E-state index in [1.54, 1.807) is 36.4 Å². The third-order valence-electron chi connectivity index (χ3n) is 2.84. The van der Waals surface area contributed by atoms with E-state index < -0.39 is 0 Å². The van der Waals surface area contributed by atoms with E-state index in [1.807, 2.05) is 54.6 Å². The second kappa shape index (κ2) is 9.56. The SMILES string of the molecule is OC(C=Cc1ccc(O)cc1)=C1C=CC=C1.[Fe].c1cc[cH-]c1. The fraction of sp³-hybridized carbons (Fsp3) is 0. The summed E-state index contributed by atoms with van der Waals surface area (Å²) in [6.07, 6.45) is 10.9. The standard InChI is InChI=1S/C14H12O2.C5H5.Fe/c15-13-8-5-11(6-9-13)7-10-14(16)12-3-1-2-4-12;1-2-4-5-3-1;/h1-10,15-16H;1-5H;/q;-1;. The Morgan fingerprint density at radius 2 is 1.55 bits per heavy atom. The van der Waals surface area contributed by atoms with Gasteiger partial charge in [-0.25, -0.2) is 12.1 Å². The number of hydrogen-bond donors (Lipinski definition) is 2. The first-order valence-electron chi connectivity index (χ1n) is 6.67. The molecule has 2 aromatic rings. The summed E-state index contributed by atoms with van der Waals surface area (Å²) in [7, 11) is 0. The van der Waals surface area contributed by atoms with Gasteiger partial charge in [-0.15, -0.1) is 0 Å². The first-order valence-corrected chi connectivity index (χ1v) is 6.67. The van der Waals surface area contributed by atoms with Crippen molar-refractivity contribution in [3.8, 4) is 5.75 Å². The summed E-state index contributed by atoms with van der Waals surface area (Å²) in [5, 5.41) is 18.8. The molecule has 0 bridgehead atoms. The number of allylic oxidation sites excluding steroid dienone is 6. The molecule has 3 rings (SSSR count). The van der Waals surface area contributed by atoms with Crippen molar-refractivity contribution in [3.05, 3.63) is 102 Å². The molecule has 0 aromatic heterocycles. The average molecular weight is 333 g/mol. The largest absolute Gasteiger partial charge is 0.508 e. The number of benzene rings is 1. The monoisotopic (exact) mass is 333 g/mol. The molecule has 0 saturated heterocycles. The summed E-state index contributed by atoms with van der Waals surface area (Å²) < 4.78 is 0.